The number of rotatable bonds is 5. The van der Waals surface area contributed by atoms with Crippen LogP contribution in [0.25, 0.3) is 0 Å². The first-order chi connectivity index (χ1) is 8.97. The van der Waals surface area contributed by atoms with Crippen LogP contribution >= 0.6 is 0 Å². The molecule has 0 aliphatic rings. The molecule has 0 fully saturated rings. The lowest BCUT2D eigenvalue weighted by molar-refractivity contribution is -0.128. The Morgan fingerprint density at radius 2 is 2.11 bits per heavy atom. The Morgan fingerprint density at radius 3 is 2.68 bits per heavy atom. The van der Waals surface area contributed by atoms with Gasteiger partial charge in [0.05, 0.1) is 12.1 Å². The predicted molar refractivity (Wildman–Crippen MR) is 66.8 cm³/mol. The molecule has 0 aliphatic carbocycles. The molecule has 0 saturated carbocycles. The maximum Gasteiger partial charge on any atom is 0.338 e. The highest BCUT2D eigenvalue weighted by Crippen LogP contribution is 2.04. The number of carboxylic acids is 1. The van der Waals surface area contributed by atoms with Gasteiger partial charge in [0.2, 0.25) is 5.91 Å². The fraction of sp³-hybridized carbons (Fsp3) is 0.333. The van der Waals surface area contributed by atoms with Crippen LogP contribution in [-0.4, -0.2) is 52.9 Å². The van der Waals surface area contributed by atoms with Gasteiger partial charge in [-0.3, -0.25) is 14.6 Å². The largest absolute Gasteiger partial charge is 0.478 e. The standard InChI is InChI=1S/C12H15N3O4/c1-3-15(2)9(16)7-14-11(17)10-8(12(18)19)5-4-6-13-10/h4-6H,3,7H2,1-2H3,(H,14,17)(H,18,19). The second kappa shape index (κ2) is 6.48. The van der Waals surface area contributed by atoms with Crippen LogP contribution in [0.15, 0.2) is 18.3 Å². The summed E-state index contributed by atoms with van der Waals surface area (Å²) in [6.45, 7) is 2.14. The first kappa shape index (κ1) is 14.6. The van der Waals surface area contributed by atoms with Gasteiger partial charge < -0.3 is 15.3 Å². The number of hydrogen-bond acceptors (Lipinski definition) is 4. The van der Waals surface area contributed by atoms with E-state index in [1.807, 2.05) is 0 Å². The molecule has 0 aliphatic heterocycles. The van der Waals surface area contributed by atoms with Crippen molar-refractivity contribution in [2.75, 3.05) is 20.1 Å². The third kappa shape index (κ3) is 3.77. The summed E-state index contributed by atoms with van der Waals surface area (Å²) in [5.74, 6) is -2.19. The number of carboxylic acid groups (broad SMARTS) is 1. The minimum absolute atomic E-state index is 0.196. The highest BCUT2D eigenvalue weighted by atomic mass is 16.4. The van der Waals surface area contributed by atoms with E-state index in [4.69, 9.17) is 5.11 Å². The summed E-state index contributed by atoms with van der Waals surface area (Å²) in [6, 6.07) is 2.71. The normalized spacial score (nSPS) is 9.79. The molecule has 2 amide bonds. The zero-order chi connectivity index (χ0) is 14.4. The third-order valence-electron chi connectivity index (χ3n) is 2.55. The van der Waals surface area contributed by atoms with Crippen molar-refractivity contribution < 1.29 is 19.5 Å². The quantitative estimate of drug-likeness (QED) is 0.780. The van der Waals surface area contributed by atoms with E-state index in [1.165, 1.54) is 23.2 Å². The summed E-state index contributed by atoms with van der Waals surface area (Å²) >= 11 is 0. The van der Waals surface area contributed by atoms with E-state index in [2.05, 4.69) is 10.3 Å². The molecule has 0 saturated heterocycles. The number of aromatic nitrogens is 1. The number of carbonyl (C=O) groups excluding carboxylic acids is 2. The molecule has 0 spiro atoms. The topological polar surface area (TPSA) is 99.6 Å². The lowest BCUT2D eigenvalue weighted by Gasteiger charge is -2.14. The maximum absolute atomic E-state index is 11.8. The molecule has 2 N–H and O–H groups in total. The highest BCUT2D eigenvalue weighted by molar-refractivity contribution is 6.04. The average molecular weight is 265 g/mol. The van der Waals surface area contributed by atoms with Crippen LogP contribution in [-0.2, 0) is 4.79 Å². The molecule has 7 nitrogen and oxygen atoms in total. The summed E-state index contributed by atoms with van der Waals surface area (Å²) in [7, 11) is 1.61. The smallest absolute Gasteiger partial charge is 0.338 e. The van der Waals surface area contributed by atoms with Gasteiger partial charge in [-0.05, 0) is 19.1 Å². The number of nitrogens with one attached hydrogen (secondary N) is 1. The maximum atomic E-state index is 11.8. The Bertz CT molecular complexity index is 502. The molecule has 1 rings (SSSR count). The predicted octanol–water partition coefficient (Wildman–Crippen LogP) is -0.0121. The van der Waals surface area contributed by atoms with E-state index in [1.54, 1.807) is 14.0 Å². The molecule has 102 valence electrons. The SMILES string of the molecule is CCN(C)C(=O)CNC(=O)c1ncccc1C(=O)O. The van der Waals surface area contributed by atoms with Gasteiger partial charge in [-0.1, -0.05) is 0 Å². The molecular weight excluding hydrogens is 250 g/mol. The van der Waals surface area contributed by atoms with Crippen molar-refractivity contribution in [2.24, 2.45) is 0 Å². The van der Waals surface area contributed by atoms with Crippen LogP contribution in [0.5, 0.6) is 0 Å². The Labute approximate surface area is 110 Å². The molecule has 0 atom stereocenters. The van der Waals surface area contributed by atoms with Crippen LogP contribution in [0, 0.1) is 0 Å². The Kier molecular flexibility index (Phi) is 4.99. The summed E-state index contributed by atoms with van der Waals surface area (Å²) in [6.07, 6.45) is 1.32. The molecule has 0 aromatic carbocycles. The second-order valence-corrected chi connectivity index (χ2v) is 3.80. The van der Waals surface area contributed by atoms with Gasteiger partial charge in [0.25, 0.3) is 5.91 Å². The zero-order valence-electron chi connectivity index (χ0n) is 10.7. The van der Waals surface area contributed by atoms with Crippen LogP contribution < -0.4 is 5.32 Å². The van der Waals surface area contributed by atoms with Crippen LogP contribution in [0.3, 0.4) is 0 Å². The molecule has 0 radical (unpaired) electrons. The summed E-state index contributed by atoms with van der Waals surface area (Å²) in [5.41, 5.74) is -0.404. The van der Waals surface area contributed by atoms with Crippen molar-refractivity contribution in [2.45, 2.75) is 6.92 Å². The Hall–Kier alpha value is -2.44. The molecule has 0 unspecified atom stereocenters. The number of pyridine rings is 1. The molecule has 19 heavy (non-hydrogen) atoms. The number of likely N-dealkylation sites (N-methyl/N-ethyl adjacent to an activating group) is 1. The number of hydrogen-bond donors (Lipinski definition) is 2. The van der Waals surface area contributed by atoms with E-state index in [9.17, 15) is 14.4 Å². The molecular formula is C12H15N3O4. The Balaban J connectivity index is 2.74. The zero-order valence-corrected chi connectivity index (χ0v) is 10.7. The van der Waals surface area contributed by atoms with Crippen molar-refractivity contribution in [3.05, 3.63) is 29.6 Å². The summed E-state index contributed by atoms with van der Waals surface area (Å²) in [5, 5.41) is 11.3. The molecule has 0 bridgehead atoms. The van der Waals surface area contributed by atoms with Gasteiger partial charge in [0.15, 0.2) is 0 Å². The minimum Gasteiger partial charge on any atom is -0.478 e. The van der Waals surface area contributed by atoms with E-state index in [0.717, 1.165) is 0 Å². The van der Waals surface area contributed by atoms with Crippen molar-refractivity contribution in [1.82, 2.24) is 15.2 Å². The van der Waals surface area contributed by atoms with Gasteiger partial charge in [-0.25, -0.2) is 4.79 Å². The van der Waals surface area contributed by atoms with Crippen molar-refractivity contribution >= 4 is 17.8 Å². The first-order valence-corrected chi connectivity index (χ1v) is 5.67. The van der Waals surface area contributed by atoms with Gasteiger partial charge in [0, 0.05) is 19.8 Å². The number of carbonyl (C=O) groups is 3. The van der Waals surface area contributed by atoms with Gasteiger partial charge >= 0.3 is 5.97 Å². The number of nitrogens with zero attached hydrogens (tertiary/aromatic N) is 2. The van der Waals surface area contributed by atoms with Gasteiger partial charge in [-0.15, -0.1) is 0 Å². The number of amides is 2. The van der Waals surface area contributed by atoms with E-state index in [0.29, 0.717) is 6.54 Å². The second-order valence-electron chi connectivity index (χ2n) is 3.80. The van der Waals surface area contributed by atoms with Crippen molar-refractivity contribution in [3.63, 3.8) is 0 Å². The lowest BCUT2D eigenvalue weighted by atomic mass is 10.2. The summed E-state index contributed by atoms with van der Waals surface area (Å²) < 4.78 is 0. The highest BCUT2D eigenvalue weighted by Gasteiger charge is 2.18. The monoisotopic (exact) mass is 265 g/mol. The van der Waals surface area contributed by atoms with E-state index in [-0.39, 0.29) is 23.7 Å². The minimum atomic E-state index is -1.24. The first-order valence-electron chi connectivity index (χ1n) is 5.67. The molecule has 1 aromatic rings. The van der Waals surface area contributed by atoms with E-state index < -0.39 is 11.9 Å². The Morgan fingerprint density at radius 1 is 1.42 bits per heavy atom. The molecule has 1 heterocycles. The van der Waals surface area contributed by atoms with Crippen LogP contribution in [0.2, 0.25) is 0 Å². The number of aromatic carboxylic acids is 1. The van der Waals surface area contributed by atoms with Crippen LogP contribution in [0.4, 0.5) is 0 Å². The molecule has 1 aromatic heterocycles. The average Bonchev–Trinajstić information content (AvgIpc) is 2.43. The third-order valence-corrected chi connectivity index (χ3v) is 2.55. The fourth-order valence-corrected chi connectivity index (χ4v) is 1.31. The van der Waals surface area contributed by atoms with E-state index >= 15 is 0 Å². The van der Waals surface area contributed by atoms with Crippen molar-refractivity contribution in [1.29, 1.82) is 0 Å². The lowest BCUT2D eigenvalue weighted by Crippen LogP contribution is -2.38. The van der Waals surface area contributed by atoms with Crippen molar-refractivity contribution in [3.8, 4) is 0 Å². The van der Waals surface area contributed by atoms with Gasteiger partial charge in [-0.2, -0.15) is 0 Å². The van der Waals surface area contributed by atoms with Crippen LogP contribution in [0.1, 0.15) is 27.8 Å². The van der Waals surface area contributed by atoms with Gasteiger partial charge in [0.1, 0.15) is 5.69 Å². The summed E-state index contributed by atoms with van der Waals surface area (Å²) in [4.78, 5) is 39.4. The molecule has 7 heteroatoms. The fourth-order valence-electron chi connectivity index (χ4n) is 1.31.